The second kappa shape index (κ2) is 9.88. The van der Waals surface area contributed by atoms with Gasteiger partial charge in [-0.05, 0) is 51.9 Å². The van der Waals surface area contributed by atoms with Gasteiger partial charge in [0.1, 0.15) is 0 Å². The number of nitrogens with one attached hydrogen (secondary N) is 1. The Hall–Kier alpha value is -4.08. The molecule has 3 unspecified atom stereocenters. The molecule has 0 saturated heterocycles. The molecule has 3 heterocycles. The van der Waals surface area contributed by atoms with E-state index in [-0.39, 0.29) is 17.6 Å². The van der Waals surface area contributed by atoms with Crippen LogP contribution in [0.25, 0.3) is 22.5 Å². The van der Waals surface area contributed by atoms with Gasteiger partial charge < -0.3 is 5.11 Å². The van der Waals surface area contributed by atoms with Gasteiger partial charge in [-0.1, -0.05) is 51.0 Å². The van der Waals surface area contributed by atoms with E-state index in [0.29, 0.717) is 12.4 Å². The Morgan fingerprint density at radius 1 is 1.14 bits per heavy atom. The van der Waals surface area contributed by atoms with Crippen LogP contribution >= 0.6 is 0 Å². The number of hydrogen-bond donors (Lipinski definition) is 2. The summed E-state index contributed by atoms with van der Waals surface area (Å²) in [5.74, 6) is -0.757. The molecule has 0 spiro atoms. The van der Waals surface area contributed by atoms with E-state index < -0.39 is 11.9 Å². The van der Waals surface area contributed by atoms with Gasteiger partial charge >= 0.3 is 11.7 Å². The van der Waals surface area contributed by atoms with E-state index in [1.165, 1.54) is 0 Å². The number of aryl methyl sites for hydroxylation is 1. The van der Waals surface area contributed by atoms with E-state index in [2.05, 4.69) is 32.5 Å². The minimum atomic E-state index is -0.833. The summed E-state index contributed by atoms with van der Waals surface area (Å²) in [5.41, 5.74) is 4.53. The average molecular weight is 488 g/mol. The average Bonchev–Trinajstić information content (AvgIpc) is 3.21. The van der Waals surface area contributed by atoms with Crippen LogP contribution in [-0.2, 0) is 17.8 Å². The second-order valence-electron chi connectivity index (χ2n) is 9.29. The van der Waals surface area contributed by atoms with E-state index in [1.54, 1.807) is 21.5 Å². The molecule has 1 fully saturated rings. The molecule has 4 aromatic rings. The van der Waals surface area contributed by atoms with Gasteiger partial charge in [-0.25, -0.2) is 9.89 Å². The zero-order valence-electron chi connectivity index (χ0n) is 20.3. The Labute approximate surface area is 208 Å². The zero-order chi connectivity index (χ0) is 25.2. The van der Waals surface area contributed by atoms with Crippen molar-refractivity contribution >= 4 is 5.97 Å². The highest BCUT2D eigenvalue weighted by molar-refractivity contribution is 5.75. The molecule has 0 aliphatic heterocycles. The summed E-state index contributed by atoms with van der Waals surface area (Å²) in [5, 5.41) is 23.6. The van der Waals surface area contributed by atoms with Gasteiger partial charge in [0.25, 0.3) is 0 Å². The quantitative estimate of drug-likeness (QED) is 0.349. The summed E-state index contributed by atoms with van der Waals surface area (Å²) in [6, 6.07) is 9.55. The van der Waals surface area contributed by atoms with Crippen LogP contribution in [0.4, 0.5) is 0 Å². The zero-order valence-corrected chi connectivity index (χ0v) is 20.3. The second-order valence-corrected chi connectivity index (χ2v) is 9.29. The van der Waals surface area contributed by atoms with Gasteiger partial charge in [-0.3, -0.25) is 18.9 Å². The number of carboxylic acid groups (broad SMARTS) is 1. The van der Waals surface area contributed by atoms with Crippen LogP contribution in [0.2, 0.25) is 0 Å². The first-order chi connectivity index (χ1) is 17.5. The third-order valence-electron chi connectivity index (χ3n) is 7.12. The highest BCUT2D eigenvalue weighted by atomic mass is 16.4. The van der Waals surface area contributed by atoms with Crippen molar-refractivity contribution in [1.29, 1.82) is 0 Å². The maximum absolute atomic E-state index is 13.6. The van der Waals surface area contributed by atoms with Crippen LogP contribution in [0.15, 0.2) is 53.7 Å². The van der Waals surface area contributed by atoms with Crippen molar-refractivity contribution < 1.29 is 9.90 Å². The largest absolute Gasteiger partial charge is 0.481 e. The number of carbonyl (C=O) groups is 1. The Morgan fingerprint density at radius 3 is 2.56 bits per heavy atom. The third-order valence-corrected chi connectivity index (χ3v) is 7.12. The smallest absolute Gasteiger partial charge is 0.328 e. The Bertz CT molecular complexity index is 1410. The van der Waals surface area contributed by atoms with Gasteiger partial charge in [0.05, 0.1) is 18.5 Å². The number of carboxylic acids is 1. The van der Waals surface area contributed by atoms with Gasteiger partial charge in [0, 0.05) is 29.8 Å². The summed E-state index contributed by atoms with van der Waals surface area (Å²) in [6.45, 7) is 4.46. The lowest BCUT2D eigenvalue weighted by molar-refractivity contribution is -0.139. The monoisotopic (exact) mass is 487 g/mol. The van der Waals surface area contributed by atoms with Crippen molar-refractivity contribution in [3.8, 4) is 22.5 Å². The Balaban J connectivity index is 1.49. The molecule has 1 saturated carbocycles. The highest BCUT2D eigenvalue weighted by Crippen LogP contribution is 2.52. The Kier molecular flexibility index (Phi) is 6.49. The molecule has 186 valence electrons. The van der Waals surface area contributed by atoms with Crippen LogP contribution in [0.3, 0.4) is 0 Å². The third kappa shape index (κ3) is 4.34. The van der Waals surface area contributed by atoms with Crippen molar-refractivity contribution in [3.05, 3.63) is 70.7 Å². The number of aromatic amines is 1. The van der Waals surface area contributed by atoms with E-state index in [4.69, 9.17) is 0 Å². The first-order valence-corrected chi connectivity index (χ1v) is 12.3. The number of tetrazole rings is 1. The molecular formula is C26H29N7O3. The molecular weight excluding hydrogens is 458 g/mol. The molecule has 0 bridgehead atoms. The fraction of sp³-hybridized carbons (Fsp3) is 0.385. The number of rotatable bonds is 10. The first kappa shape index (κ1) is 23.7. The predicted molar refractivity (Wildman–Crippen MR) is 133 cm³/mol. The fourth-order valence-corrected chi connectivity index (χ4v) is 5.14. The first-order valence-electron chi connectivity index (χ1n) is 12.3. The summed E-state index contributed by atoms with van der Waals surface area (Å²) >= 11 is 0. The van der Waals surface area contributed by atoms with Crippen molar-refractivity contribution in [2.75, 3.05) is 0 Å². The van der Waals surface area contributed by atoms with Gasteiger partial charge in [0.2, 0.25) is 0 Å². The highest BCUT2D eigenvalue weighted by Gasteiger charge is 2.56. The molecule has 2 N–H and O–H groups in total. The standard InChI is InChI=1S/C26H29N7O3/c1-3-5-6-19-15-33(23-20(4-2)22(23)25(34)35)26(36)32(19)14-18-13-27-12-11-21(18)16-7-9-17(10-8-16)24-28-30-31-29-24/h7-13,15,20,22-23H,3-6,14H2,1-2H3,(H,34,35)(H,28,29,30,31). The number of nitrogens with zero attached hydrogens (tertiary/aromatic N) is 6. The van der Waals surface area contributed by atoms with Crippen molar-refractivity contribution in [2.24, 2.45) is 11.8 Å². The molecule has 1 aliphatic carbocycles. The van der Waals surface area contributed by atoms with E-state index >= 15 is 0 Å². The lowest BCUT2D eigenvalue weighted by atomic mass is 10.00. The number of imidazole rings is 1. The van der Waals surface area contributed by atoms with Crippen molar-refractivity contribution in [1.82, 2.24) is 34.7 Å². The molecule has 0 radical (unpaired) electrons. The summed E-state index contributed by atoms with van der Waals surface area (Å²) in [4.78, 5) is 29.7. The van der Waals surface area contributed by atoms with Crippen molar-refractivity contribution in [3.63, 3.8) is 0 Å². The summed E-state index contributed by atoms with van der Waals surface area (Å²) in [7, 11) is 0. The SMILES string of the molecule is CCCCc1cn(C2C(CC)C2C(=O)O)c(=O)n1Cc1cnccc1-c1ccc(-c2nnn[nH]2)cc1. The maximum Gasteiger partial charge on any atom is 0.328 e. The van der Waals surface area contributed by atoms with Crippen LogP contribution in [0, 0.1) is 11.8 Å². The fourth-order valence-electron chi connectivity index (χ4n) is 5.14. The molecule has 1 aromatic carbocycles. The summed E-state index contributed by atoms with van der Waals surface area (Å²) in [6.07, 6.45) is 8.86. The van der Waals surface area contributed by atoms with E-state index in [0.717, 1.165) is 53.6 Å². The Morgan fingerprint density at radius 2 is 1.92 bits per heavy atom. The molecule has 1 aliphatic rings. The maximum atomic E-state index is 13.6. The van der Waals surface area contributed by atoms with Crippen LogP contribution in [0.5, 0.6) is 0 Å². The minimum absolute atomic E-state index is 0.0119. The molecule has 10 heteroatoms. The molecule has 3 atom stereocenters. The lowest BCUT2D eigenvalue weighted by Gasteiger charge is -2.12. The number of pyridine rings is 1. The number of aromatic nitrogens is 7. The molecule has 0 amide bonds. The molecule has 10 nitrogen and oxygen atoms in total. The topological polar surface area (TPSA) is 132 Å². The molecule has 36 heavy (non-hydrogen) atoms. The van der Waals surface area contributed by atoms with Gasteiger partial charge in [0.15, 0.2) is 5.82 Å². The molecule has 3 aromatic heterocycles. The lowest BCUT2D eigenvalue weighted by Crippen LogP contribution is -2.26. The normalized spacial score (nSPS) is 18.9. The van der Waals surface area contributed by atoms with Crippen molar-refractivity contribution in [2.45, 2.75) is 52.1 Å². The van der Waals surface area contributed by atoms with Crippen LogP contribution in [0.1, 0.15) is 50.4 Å². The van der Waals surface area contributed by atoms with E-state index in [9.17, 15) is 14.7 Å². The molecule has 5 rings (SSSR count). The number of benzene rings is 1. The number of unbranched alkanes of at least 4 members (excludes halogenated alkanes) is 1. The predicted octanol–water partition coefficient (Wildman–Crippen LogP) is 3.56. The van der Waals surface area contributed by atoms with Crippen LogP contribution in [-0.4, -0.2) is 45.8 Å². The number of H-pyrrole nitrogens is 1. The summed E-state index contributed by atoms with van der Waals surface area (Å²) < 4.78 is 3.45. The van der Waals surface area contributed by atoms with E-state index in [1.807, 2.05) is 43.5 Å². The minimum Gasteiger partial charge on any atom is -0.481 e. The number of hydrogen-bond acceptors (Lipinski definition) is 6. The van der Waals surface area contributed by atoms with Gasteiger partial charge in [-0.15, -0.1) is 5.10 Å². The number of aliphatic carboxylic acids is 1. The van der Waals surface area contributed by atoms with Gasteiger partial charge in [-0.2, -0.15) is 0 Å². The van der Waals surface area contributed by atoms with Crippen LogP contribution < -0.4 is 5.69 Å².